The van der Waals surface area contributed by atoms with Crippen molar-refractivity contribution in [3.8, 4) is 11.5 Å². The maximum absolute atomic E-state index is 14.0. The number of hydrogen-bond donors (Lipinski definition) is 1. The fourth-order valence-corrected chi connectivity index (χ4v) is 6.01. The Labute approximate surface area is 253 Å². The van der Waals surface area contributed by atoms with Gasteiger partial charge >= 0.3 is 0 Å². The van der Waals surface area contributed by atoms with Crippen molar-refractivity contribution in [2.24, 2.45) is 0 Å². The van der Waals surface area contributed by atoms with Crippen LogP contribution in [-0.4, -0.2) is 64.2 Å². The lowest BCUT2D eigenvalue weighted by Gasteiger charge is -2.32. The van der Waals surface area contributed by atoms with E-state index in [1.807, 2.05) is 32.2 Å². The molecule has 11 heteroatoms. The third-order valence-electron chi connectivity index (χ3n) is 6.59. The van der Waals surface area contributed by atoms with Gasteiger partial charge in [0.2, 0.25) is 11.8 Å². The summed E-state index contributed by atoms with van der Waals surface area (Å²) in [5, 5.41) is 2.84. The fraction of sp³-hybridized carbons (Fsp3) is 0.355. The average molecular weight is 614 g/mol. The Morgan fingerprint density at radius 1 is 0.929 bits per heavy atom. The first-order valence-corrected chi connectivity index (χ1v) is 16.4. The SMILES string of the molecule is CCCNC(=O)C(C)N(Cc1ccc(OC)cc1)C(=O)CN(c1ccc(OCC)cc1)S(=O)(=O)c1ccc(SC)cc1. The van der Waals surface area contributed by atoms with E-state index in [1.165, 1.54) is 28.8 Å². The molecule has 226 valence electrons. The number of nitrogens with one attached hydrogen (secondary N) is 1. The largest absolute Gasteiger partial charge is 0.497 e. The van der Waals surface area contributed by atoms with Crippen LogP contribution in [0.4, 0.5) is 5.69 Å². The summed E-state index contributed by atoms with van der Waals surface area (Å²) in [6, 6.07) is 19.4. The second-order valence-corrected chi connectivity index (χ2v) is 12.2. The van der Waals surface area contributed by atoms with E-state index in [9.17, 15) is 18.0 Å². The number of carbonyl (C=O) groups excluding carboxylic acids is 2. The Kier molecular flexibility index (Phi) is 12.1. The molecule has 0 saturated carbocycles. The van der Waals surface area contributed by atoms with Crippen molar-refractivity contribution in [1.82, 2.24) is 10.2 Å². The second kappa shape index (κ2) is 15.5. The Hall–Kier alpha value is -3.70. The highest BCUT2D eigenvalue weighted by atomic mass is 32.2. The van der Waals surface area contributed by atoms with Crippen LogP contribution in [-0.2, 0) is 26.2 Å². The van der Waals surface area contributed by atoms with Gasteiger partial charge in [0.05, 0.1) is 24.3 Å². The zero-order valence-corrected chi connectivity index (χ0v) is 26.3. The van der Waals surface area contributed by atoms with E-state index in [2.05, 4.69) is 5.32 Å². The minimum absolute atomic E-state index is 0.0532. The molecule has 3 aromatic carbocycles. The Bertz CT molecular complexity index is 1410. The van der Waals surface area contributed by atoms with Gasteiger partial charge in [0, 0.05) is 18.0 Å². The lowest BCUT2D eigenvalue weighted by atomic mass is 10.1. The highest BCUT2D eigenvalue weighted by Gasteiger charge is 2.32. The molecule has 1 atom stereocenters. The van der Waals surface area contributed by atoms with Crippen molar-refractivity contribution in [2.45, 2.75) is 49.6 Å². The van der Waals surface area contributed by atoms with Gasteiger partial charge in [0.25, 0.3) is 10.0 Å². The summed E-state index contributed by atoms with van der Waals surface area (Å²) < 4.78 is 39.9. The molecule has 0 saturated heterocycles. The first-order chi connectivity index (χ1) is 20.1. The minimum atomic E-state index is -4.16. The molecule has 0 bridgehead atoms. The first-order valence-electron chi connectivity index (χ1n) is 13.7. The number of benzene rings is 3. The predicted molar refractivity (Wildman–Crippen MR) is 167 cm³/mol. The van der Waals surface area contributed by atoms with Gasteiger partial charge in [-0.3, -0.25) is 13.9 Å². The minimum Gasteiger partial charge on any atom is -0.497 e. The van der Waals surface area contributed by atoms with Crippen LogP contribution in [0.5, 0.6) is 11.5 Å². The number of methoxy groups -OCH3 is 1. The summed E-state index contributed by atoms with van der Waals surface area (Å²) >= 11 is 1.50. The zero-order valence-electron chi connectivity index (χ0n) is 24.7. The number of sulfonamides is 1. The molecule has 0 radical (unpaired) electrons. The van der Waals surface area contributed by atoms with Crippen molar-refractivity contribution in [2.75, 3.05) is 37.4 Å². The molecular weight excluding hydrogens is 574 g/mol. The van der Waals surface area contributed by atoms with Crippen LogP contribution in [0.2, 0.25) is 0 Å². The first kappa shape index (κ1) is 32.8. The molecule has 1 unspecified atom stereocenters. The topological polar surface area (TPSA) is 105 Å². The third kappa shape index (κ3) is 8.42. The van der Waals surface area contributed by atoms with Gasteiger partial charge in [0.1, 0.15) is 24.1 Å². The number of ether oxygens (including phenoxy) is 2. The molecule has 1 N–H and O–H groups in total. The van der Waals surface area contributed by atoms with Gasteiger partial charge in [-0.15, -0.1) is 11.8 Å². The van der Waals surface area contributed by atoms with Crippen molar-refractivity contribution in [3.63, 3.8) is 0 Å². The molecule has 3 rings (SSSR count). The normalized spacial score (nSPS) is 11.8. The summed E-state index contributed by atoms with van der Waals surface area (Å²) in [6.45, 7) is 5.95. The van der Waals surface area contributed by atoms with Crippen LogP contribution in [0.1, 0.15) is 32.8 Å². The van der Waals surface area contributed by atoms with Crippen molar-refractivity contribution < 1.29 is 27.5 Å². The summed E-state index contributed by atoms with van der Waals surface area (Å²) in [5.74, 6) is 0.396. The second-order valence-electron chi connectivity index (χ2n) is 9.45. The maximum atomic E-state index is 14.0. The lowest BCUT2D eigenvalue weighted by molar-refractivity contribution is -0.139. The molecule has 0 fully saturated rings. The number of thioether (sulfide) groups is 1. The van der Waals surface area contributed by atoms with Crippen molar-refractivity contribution in [1.29, 1.82) is 0 Å². The van der Waals surface area contributed by atoms with E-state index in [-0.39, 0.29) is 17.3 Å². The van der Waals surface area contributed by atoms with Crippen LogP contribution < -0.4 is 19.1 Å². The van der Waals surface area contributed by atoms with Gasteiger partial charge < -0.3 is 19.7 Å². The quantitative estimate of drug-likeness (QED) is 0.242. The third-order valence-corrected chi connectivity index (χ3v) is 9.12. The number of rotatable bonds is 15. The molecule has 0 heterocycles. The number of amides is 2. The molecule has 0 aliphatic heterocycles. The smallest absolute Gasteiger partial charge is 0.264 e. The van der Waals surface area contributed by atoms with Crippen molar-refractivity contribution >= 4 is 39.3 Å². The van der Waals surface area contributed by atoms with Crippen molar-refractivity contribution in [3.05, 3.63) is 78.4 Å². The van der Waals surface area contributed by atoms with Crippen LogP contribution in [0, 0.1) is 0 Å². The summed E-state index contributed by atoms with van der Waals surface area (Å²) in [4.78, 5) is 29.4. The number of carbonyl (C=O) groups is 2. The highest BCUT2D eigenvalue weighted by molar-refractivity contribution is 7.98. The zero-order chi connectivity index (χ0) is 30.7. The number of anilines is 1. The van der Waals surface area contributed by atoms with E-state index in [4.69, 9.17) is 9.47 Å². The molecule has 0 aromatic heterocycles. The summed E-state index contributed by atoms with van der Waals surface area (Å²) in [5.41, 5.74) is 1.07. The molecule has 42 heavy (non-hydrogen) atoms. The van der Waals surface area contributed by atoms with E-state index in [0.29, 0.717) is 30.3 Å². The molecule has 0 spiro atoms. The Balaban J connectivity index is 2.02. The van der Waals surface area contributed by atoms with Crippen LogP contribution in [0.15, 0.2) is 82.6 Å². The van der Waals surface area contributed by atoms with E-state index < -0.39 is 28.5 Å². The maximum Gasteiger partial charge on any atom is 0.264 e. The van der Waals surface area contributed by atoms with Gasteiger partial charge in [0.15, 0.2) is 0 Å². The molecule has 3 aromatic rings. The highest BCUT2D eigenvalue weighted by Crippen LogP contribution is 2.28. The van der Waals surface area contributed by atoms with Gasteiger partial charge in [-0.1, -0.05) is 19.1 Å². The Morgan fingerprint density at radius 2 is 1.55 bits per heavy atom. The number of hydrogen-bond acceptors (Lipinski definition) is 7. The Morgan fingerprint density at radius 3 is 2.10 bits per heavy atom. The van der Waals surface area contributed by atoms with Crippen LogP contribution in [0.25, 0.3) is 0 Å². The average Bonchev–Trinajstić information content (AvgIpc) is 3.01. The van der Waals surface area contributed by atoms with E-state index in [1.54, 1.807) is 62.6 Å². The van der Waals surface area contributed by atoms with E-state index in [0.717, 1.165) is 21.2 Å². The van der Waals surface area contributed by atoms with Gasteiger partial charge in [-0.2, -0.15) is 0 Å². The fourth-order valence-electron chi connectivity index (χ4n) is 4.19. The molecule has 0 aliphatic carbocycles. The van der Waals surface area contributed by atoms with Gasteiger partial charge in [-0.05, 0) is 92.8 Å². The predicted octanol–water partition coefficient (Wildman–Crippen LogP) is 4.95. The molecule has 2 amide bonds. The van der Waals surface area contributed by atoms with Crippen LogP contribution >= 0.6 is 11.8 Å². The summed E-state index contributed by atoms with van der Waals surface area (Å²) in [7, 11) is -2.59. The number of nitrogens with zero attached hydrogens (tertiary/aromatic N) is 2. The van der Waals surface area contributed by atoms with E-state index >= 15 is 0 Å². The molecular formula is C31H39N3O6S2. The molecule has 0 aliphatic rings. The lowest BCUT2D eigenvalue weighted by Crippen LogP contribution is -2.51. The standard InChI is InChI=1S/C31H39N3O6S2/c1-6-20-32-31(36)23(3)33(21-24-8-12-26(39-4)13-9-24)30(35)22-34(25-10-14-27(15-11-25)40-7-2)42(37,38)29-18-16-28(41-5)17-19-29/h8-19,23H,6-7,20-22H2,1-5H3,(H,32,36). The van der Waals surface area contributed by atoms with Crippen LogP contribution in [0.3, 0.4) is 0 Å². The molecule has 9 nitrogen and oxygen atoms in total. The monoisotopic (exact) mass is 613 g/mol. The van der Waals surface area contributed by atoms with Gasteiger partial charge in [-0.25, -0.2) is 8.42 Å². The summed E-state index contributed by atoms with van der Waals surface area (Å²) in [6.07, 6.45) is 2.65.